The highest BCUT2D eigenvalue weighted by Gasteiger charge is 2.38. The van der Waals surface area contributed by atoms with Gasteiger partial charge in [-0.05, 0) is 12.0 Å². The first-order chi connectivity index (χ1) is 12.5. The topological polar surface area (TPSA) is 70.1 Å². The second-order valence-corrected chi connectivity index (χ2v) is 6.56. The Kier molecular flexibility index (Phi) is 7.66. The summed E-state index contributed by atoms with van der Waals surface area (Å²) in [6.45, 7) is 2.47. The fourth-order valence-electron chi connectivity index (χ4n) is 2.82. The van der Waals surface area contributed by atoms with Gasteiger partial charge in [-0.15, -0.1) is 0 Å². The summed E-state index contributed by atoms with van der Waals surface area (Å²) in [5.74, 6) is 0. The van der Waals surface area contributed by atoms with Crippen LogP contribution < -0.4 is 0 Å². The number of rotatable bonds is 8. The number of carbonyl (C=O) groups is 2. The number of hydrogen-bond donors (Lipinski definition) is 1. The van der Waals surface area contributed by atoms with E-state index in [1.807, 2.05) is 30.3 Å². The zero-order valence-electron chi connectivity index (χ0n) is 15.5. The molecule has 2 unspecified atom stereocenters. The normalized spacial score (nSPS) is 18.6. The summed E-state index contributed by atoms with van der Waals surface area (Å²) in [6, 6.07) is 8.69. The zero-order chi connectivity index (χ0) is 18.9. The molecule has 1 N–H and O–H groups in total. The summed E-state index contributed by atoms with van der Waals surface area (Å²) < 4.78 is 5.24. The van der Waals surface area contributed by atoms with E-state index in [-0.39, 0.29) is 19.2 Å². The minimum absolute atomic E-state index is 0.129. The van der Waals surface area contributed by atoms with Gasteiger partial charge in [0, 0.05) is 7.05 Å². The molecule has 2 rings (SSSR count). The number of imide groups is 1. The van der Waals surface area contributed by atoms with Crippen LogP contribution in [0.4, 0.5) is 9.59 Å². The van der Waals surface area contributed by atoms with Gasteiger partial charge in [0.05, 0.1) is 18.7 Å². The molecule has 0 aliphatic carbocycles. The van der Waals surface area contributed by atoms with Crippen LogP contribution in [0.15, 0.2) is 42.5 Å². The Morgan fingerprint density at radius 3 is 2.77 bits per heavy atom. The van der Waals surface area contributed by atoms with Crippen molar-refractivity contribution in [2.24, 2.45) is 0 Å². The van der Waals surface area contributed by atoms with Crippen molar-refractivity contribution in [1.29, 1.82) is 0 Å². The Morgan fingerprint density at radius 2 is 2.08 bits per heavy atom. The van der Waals surface area contributed by atoms with Crippen molar-refractivity contribution in [2.45, 2.75) is 51.4 Å². The minimum Gasteiger partial charge on any atom is -0.444 e. The Morgan fingerprint density at radius 1 is 1.35 bits per heavy atom. The summed E-state index contributed by atoms with van der Waals surface area (Å²) in [7, 11) is 1.64. The lowest BCUT2D eigenvalue weighted by molar-refractivity contribution is 0.109. The average Bonchev–Trinajstić information content (AvgIpc) is 2.94. The van der Waals surface area contributed by atoms with Gasteiger partial charge >= 0.3 is 12.1 Å². The lowest BCUT2D eigenvalue weighted by Gasteiger charge is -2.15. The second kappa shape index (κ2) is 9.97. The molecule has 6 nitrogen and oxygen atoms in total. The predicted molar refractivity (Wildman–Crippen MR) is 99.6 cm³/mol. The van der Waals surface area contributed by atoms with Crippen LogP contribution in [0.25, 0.3) is 0 Å². The summed E-state index contributed by atoms with van der Waals surface area (Å²) in [4.78, 5) is 27.1. The lowest BCUT2D eigenvalue weighted by Crippen LogP contribution is -2.35. The predicted octanol–water partition coefficient (Wildman–Crippen LogP) is 3.56. The van der Waals surface area contributed by atoms with Crippen molar-refractivity contribution in [1.82, 2.24) is 9.80 Å². The first-order valence-corrected chi connectivity index (χ1v) is 9.14. The molecule has 142 valence electrons. The molecule has 0 spiro atoms. The minimum atomic E-state index is -0.648. The maximum atomic E-state index is 12.3. The number of urea groups is 1. The van der Waals surface area contributed by atoms with Crippen LogP contribution in [-0.2, 0) is 11.3 Å². The van der Waals surface area contributed by atoms with Crippen LogP contribution >= 0.6 is 0 Å². The quantitative estimate of drug-likeness (QED) is 0.568. The molecule has 1 heterocycles. The number of aliphatic hydroxyl groups excluding tert-OH is 1. The van der Waals surface area contributed by atoms with Crippen molar-refractivity contribution in [3.63, 3.8) is 0 Å². The molecular weight excluding hydrogens is 332 g/mol. The first kappa shape index (κ1) is 20.0. The molecule has 0 aromatic heterocycles. The largest absolute Gasteiger partial charge is 0.444 e. The Balaban J connectivity index is 1.85. The van der Waals surface area contributed by atoms with Crippen LogP contribution in [-0.4, -0.2) is 52.8 Å². The van der Waals surface area contributed by atoms with E-state index in [9.17, 15) is 14.7 Å². The first-order valence-electron chi connectivity index (χ1n) is 9.14. The zero-order valence-corrected chi connectivity index (χ0v) is 15.5. The van der Waals surface area contributed by atoms with Crippen molar-refractivity contribution in [2.75, 3.05) is 13.6 Å². The molecule has 1 aliphatic rings. The summed E-state index contributed by atoms with van der Waals surface area (Å²) in [5, 5.41) is 9.98. The maximum absolute atomic E-state index is 12.3. The number of likely N-dealkylation sites (N-methyl/N-ethyl adjacent to an activating group) is 1. The molecule has 1 aliphatic heterocycles. The molecule has 26 heavy (non-hydrogen) atoms. The molecule has 0 radical (unpaired) electrons. The van der Waals surface area contributed by atoms with E-state index in [4.69, 9.17) is 4.74 Å². The third-order valence-corrected chi connectivity index (χ3v) is 4.48. The second-order valence-electron chi connectivity index (χ2n) is 6.56. The monoisotopic (exact) mass is 360 g/mol. The van der Waals surface area contributed by atoms with Gasteiger partial charge in [0.1, 0.15) is 6.61 Å². The van der Waals surface area contributed by atoms with Crippen LogP contribution in [0.1, 0.15) is 38.2 Å². The molecule has 2 atom stereocenters. The van der Waals surface area contributed by atoms with E-state index in [0.717, 1.165) is 29.7 Å². The molecule has 1 aromatic rings. The molecule has 0 bridgehead atoms. The number of nitrogens with zero attached hydrogens (tertiary/aromatic N) is 2. The standard InChI is InChI=1S/C20H28N2O4/c1-3-4-6-11-18(23)13-12-17-14-22(19(24)21(17)2)20(25)26-15-16-9-7-5-8-10-16/h5,7-10,12-13,17-18,23H,3-4,6,11,14-15H2,1-2H3/b13-12+. The summed E-state index contributed by atoms with van der Waals surface area (Å²) in [5.41, 5.74) is 0.868. The molecule has 1 saturated heterocycles. The van der Waals surface area contributed by atoms with Gasteiger partial charge < -0.3 is 14.7 Å². The number of aliphatic hydroxyl groups is 1. The number of carbonyl (C=O) groups excluding carboxylic acids is 2. The molecule has 6 heteroatoms. The highest BCUT2D eigenvalue weighted by atomic mass is 16.6. The third kappa shape index (κ3) is 5.59. The third-order valence-electron chi connectivity index (χ3n) is 4.48. The Labute approximate surface area is 155 Å². The van der Waals surface area contributed by atoms with E-state index in [1.165, 1.54) is 4.90 Å². The van der Waals surface area contributed by atoms with Gasteiger partial charge in [0.25, 0.3) is 0 Å². The van der Waals surface area contributed by atoms with E-state index in [0.29, 0.717) is 6.42 Å². The number of ether oxygens (including phenoxy) is 1. The van der Waals surface area contributed by atoms with Gasteiger partial charge in [0.15, 0.2) is 0 Å². The SMILES string of the molecule is CCCCCC(O)/C=C/C1CN(C(=O)OCc2ccccc2)C(=O)N1C. The molecule has 3 amide bonds. The molecule has 1 aromatic carbocycles. The average molecular weight is 360 g/mol. The molecule has 0 saturated carbocycles. The molecular formula is C20H28N2O4. The van der Waals surface area contributed by atoms with Gasteiger partial charge in [-0.1, -0.05) is 68.7 Å². The van der Waals surface area contributed by atoms with Crippen LogP contribution in [0, 0.1) is 0 Å². The van der Waals surface area contributed by atoms with Crippen molar-refractivity contribution < 1.29 is 19.4 Å². The maximum Gasteiger partial charge on any atom is 0.418 e. The number of amides is 3. The van der Waals surface area contributed by atoms with Gasteiger partial charge in [-0.3, -0.25) is 0 Å². The lowest BCUT2D eigenvalue weighted by atomic mass is 10.1. The van der Waals surface area contributed by atoms with Crippen LogP contribution in [0.3, 0.4) is 0 Å². The highest BCUT2D eigenvalue weighted by molar-refractivity contribution is 5.93. The Bertz CT molecular complexity index is 617. The highest BCUT2D eigenvalue weighted by Crippen LogP contribution is 2.17. The van der Waals surface area contributed by atoms with Gasteiger partial charge in [-0.2, -0.15) is 0 Å². The molecule has 1 fully saturated rings. The fraction of sp³-hybridized carbons (Fsp3) is 0.500. The van der Waals surface area contributed by atoms with E-state index in [1.54, 1.807) is 19.2 Å². The van der Waals surface area contributed by atoms with Gasteiger partial charge in [0.2, 0.25) is 0 Å². The van der Waals surface area contributed by atoms with E-state index >= 15 is 0 Å². The number of benzene rings is 1. The van der Waals surface area contributed by atoms with Crippen LogP contribution in [0.5, 0.6) is 0 Å². The van der Waals surface area contributed by atoms with Gasteiger partial charge in [-0.25, -0.2) is 14.5 Å². The number of hydrogen-bond acceptors (Lipinski definition) is 4. The Hall–Kier alpha value is -2.34. The summed E-state index contributed by atoms with van der Waals surface area (Å²) >= 11 is 0. The van der Waals surface area contributed by atoms with Crippen molar-refractivity contribution in [3.05, 3.63) is 48.0 Å². The van der Waals surface area contributed by atoms with E-state index in [2.05, 4.69) is 6.92 Å². The van der Waals surface area contributed by atoms with E-state index < -0.39 is 18.2 Å². The van der Waals surface area contributed by atoms with Crippen molar-refractivity contribution in [3.8, 4) is 0 Å². The number of unbranched alkanes of at least 4 members (excludes halogenated alkanes) is 2. The van der Waals surface area contributed by atoms with Crippen LogP contribution in [0.2, 0.25) is 0 Å². The summed E-state index contributed by atoms with van der Waals surface area (Å²) in [6.07, 6.45) is 6.21. The van der Waals surface area contributed by atoms with Crippen molar-refractivity contribution >= 4 is 12.1 Å². The smallest absolute Gasteiger partial charge is 0.418 e. The fourth-order valence-corrected chi connectivity index (χ4v) is 2.82.